The second-order valence-corrected chi connectivity index (χ2v) is 8.45. The van der Waals surface area contributed by atoms with Crippen LogP contribution in [0.3, 0.4) is 0 Å². The highest BCUT2D eigenvalue weighted by atomic mass is 35.5. The standard InChI is InChI=1S/C23H21ClFN5O3/c24-17-6-4-15(5-7-17)20-13-30-19(14-33-20)21(26-27-30)23(32)29-10-8-28(9-11-29)22(31)16-2-1-3-18(25)12-16/h1-7,12,20H,8-11,13-14H2/t20-/m1/s1. The Morgan fingerprint density at radius 2 is 1.70 bits per heavy atom. The molecule has 0 unspecified atom stereocenters. The molecule has 1 fully saturated rings. The molecule has 3 aromatic rings. The van der Waals surface area contributed by atoms with E-state index in [2.05, 4.69) is 10.3 Å². The zero-order valence-corrected chi connectivity index (χ0v) is 18.4. The van der Waals surface area contributed by atoms with Crippen LogP contribution in [0.25, 0.3) is 0 Å². The van der Waals surface area contributed by atoms with Crippen molar-refractivity contribution in [2.75, 3.05) is 26.2 Å². The number of fused-ring (bicyclic) bond motifs is 1. The summed E-state index contributed by atoms with van der Waals surface area (Å²) in [6.07, 6.45) is -0.197. The lowest BCUT2D eigenvalue weighted by molar-refractivity contribution is -0.00202. The van der Waals surface area contributed by atoms with Crippen molar-refractivity contribution in [1.82, 2.24) is 24.8 Å². The number of benzene rings is 2. The van der Waals surface area contributed by atoms with E-state index in [0.29, 0.717) is 49.0 Å². The van der Waals surface area contributed by atoms with Gasteiger partial charge in [-0.1, -0.05) is 35.0 Å². The lowest BCUT2D eigenvalue weighted by Gasteiger charge is -2.34. The Morgan fingerprint density at radius 1 is 1.00 bits per heavy atom. The average Bonchev–Trinajstić information content (AvgIpc) is 3.27. The fraction of sp³-hybridized carbons (Fsp3) is 0.304. The molecule has 0 saturated carbocycles. The number of nitrogens with zero attached hydrogens (tertiary/aromatic N) is 5. The molecule has 1 saturated heterocycles. The van der Waals surface area contributed by atoms with E-state index < -0.39 is 5.82 Å². The first-order valence-electron chi connectivity index (χ1n) is 10.6. The van der Waals surface area contributed by atoms with Crippen LogP contribution >= 0.6 is 11.6 Å². The summed E-state index contributed by atoms with van der Waals surface area (Å²) in [6.45, 7) is 2.12. The minimum Gasteiger partial charge on any atom is -0.365 e. The maximum atomic E-state index is 13.4. The van der Waals surface area contributed by atoms with Crippen molar-refractivity contribution < 1.29 is 18.7 Å². The summed E-state index contributed by atoms with van der Waals surface area (Å²) >= 11 is 5.96. The fourth-order valence-corrected chi connectivity index (χ4v) is 4.25. The number of amides is 2. The van der Waals surface area contributed by atoms with Gasteiger partial charge in [0.15, 0.2) is 5.69 Å². The third-order valence-corrected chi connectivity index (χ3v) is 6.22. The number of piperazine rings is 1. The van der Waals surface area contributed by atoms with Crippen LogP contribution in [0.1, 0.15) is 38.2 Å². The van der Waals surface area contributed by atoms with E-state index in [0.717, 1.165) is 5.56 Å². The second-order valence-electron chi connectivity index (χ2n) is 8.01. The van der Waals surface area contributed by atoms with Gasteiger partial charge < -0.3 is 14.5 Å². The van der Waals surface area contributed by atoms with Crippen LogP contribution in [0, 0.1) is 5.82 Å². The number of carbonyl (C=O) groups excluding carboxylic acids is 2. The van der Waals surface area contributed by atoms with Gasteiger partial charge >= 0.3 is 0 Å². The van der Waals surface area contributed by atoms with Gasteiger partial charge in [0.25, 0.3) is 11.8 Å². The number of rotatable bonds is 3. The first-order valence-corrected chi connectivity index (χ1v) is 11.0. The summed E-state index contributed by atoms with van der Waals surface area (Å²) in [5.41, 5.74) is 2.19. The Morgan fingerprint density at radius 3 is 2.39 bits per heavy atom. The maximum Gasteiger partial charge on any atom is 0.276 e. The molecule has 10 heteroatoms. The predicted octanol–water partition coefficient (Wildman–Crippen LogP) is 2.94. The Hall–Kier alpha value is -3.30. The number of ether oxygens (including phenoxy) is 1. The summed E-state index contributed by atoms with van der Waals surface area (Å²) in [6, 6.07) is 13.1. The molecule has 1 atom stereocenters. The fourth-order valence-electron chi connectivity index (χ4n) is 4.12. The van der Waals surface area contributed by atoms with E-state index in [-0.39, 0.29) is 30.2 Å². The van der Waals surface area contributed by atoms with Crippen molar-refractivity contribution in [3.63, 3.8) is 0 Å². The molecule has 2 aliphatic rings. The molecule has 2 aromatic carbocycles. The van der Waals surface area contributed by atoms with Crippen LogP contribution in [-0.4, -0.2) is 62.8 Å². The number of aromatic nitrogens is 3. The van der Waals surface area contributed by atoms with Crippen LogP contribution in [0.15, 0.2) is 48.5 Å². The lowest BCUT2D eigenvalue weighted by Crippen LogP contribution is -2.50. The predicted molar refractivity (Wildman–Crippen MR) is 117 cm³/mol. The molecule has 33 heavy (non-hydrogen) atoms. The van der Waals surface area contributed by atoms with Gasteiger partial charge in [-0.2, -0.15) is 0 Å². The van der Waals surface area contributed by atoms with E-state index >= 15 is 0 Å². The van der Waals surface area contributed by atoms with E-state index in [9.17, 15) is 14.0 Å². The molecule has 2 amide bonds. The van der Waals surface area contributed by atoms with Crippen molar-refractivity contribution in [3.8, 4) is 0 Å². The molecule has 0 spiro atoms. The van der Waals surface area contributed by atoms with Crippen molar-refractivity contribution in [2.24, 2.45) is 0 Å². The highest BCUT2D eigenvalue weighted by molar-refractivity contribution is 6.30. The second kappa shape index (κ2) is 8.92. The summed E-state index contributed by atoms with van der Waals surface area (Å²) in [5.74, 6) is -0.931. The SMILES string of the molecule is O=C(c1cccc(F)c1)N1CCN(C(=O)c2nnn3c2CO[C@@H](c2ccc(Cl)cc2)C3)CC1. The normalized spacial score (nSPS) is 18.2. The van der Waals surface area contributed by atoms with Gasteiger partial charge in [0.2, 0.25) is 0 Å². The smallest absolute Gasteiger partial charge is 0.276 e. The van der Waals surface area contributed by atoms with E-state index in [1.165, 1.54) is 18.2 Å². The van der Waals surface area contributed by atoms with Crippen LogP contribution in [0.2, 0.25) is 5.02 Å². The summed E-state index contributed by atoms with van der Waals surface area (Å²) in [5, 5.41) is 8.95. The van der Waals surface area contributed by atoms with Gasteiger partial charge in [0.1, 0.15) is 11.9 Å². The van der Waals surface area contributed by atoms with Gasteiger partial charge in [-0.15, -0.1) is 5.10 Å². The molecular formula is C23H21ClFN5O3. The molecule has 5 rings (SSSR count). The topological polar surface area (TPSA) is 80.6 Å². The summed E-state index contributed by atoms with van der Waals surface area (Å²) < 4.78 is 21.1. The van der Waals surface area contributed by atoms with Gasteiger partial charge in [0.05, 0.1) is 18.8 Å². The minimum absolute atomic E-state index is 0.197. The van der Waals surface area contributed by atoms with Crippen LogP contribution in [0.5, 0.6) is 0 Å². The monoisotopic (exact) mass is 469 g/mol. The molecule has 2 aliphatic heterocycles. The largest absolute Gasteiger partial charge is 0.365 e. The number of hydrogen-bond acceptors (Lipinski definition) is 5. The highest BCUT2D eigenvalue weighted by Gasteiger charge is 2.32. The van der Waals surface area contributed by atoms with Crippen LogP contribution < -0.4 is 0 Å². The summed E-state index contributed by atoms with van der Waals surface area (Å²) in [7, 11) is 0. The third kappa shape index (κ3) is 4.34. The van der Waals surface area contributed by atoms with E-state index in [1.807, 2.05) is 24.3 Å². The number of halogens is 2. The molecular weight excluding hydrogens is 449 g/mol. The molecule has 1 aromatic heterocycles. The van der Waals surface area contributed by atoms with E-state index in [1.54, 1.807) is 20.5 Å². The molecule has 0 radical (unpaired) electrons. The Bertz CT molecular complexity index is 1190. The van der Waals surface area contributed by atoms with Crippen LogP contribution in [-0.2, 0) is 17.9 Å². The van der Waals surface area contributed by atoms with Crippen molar-refractivity contribution in [3.05, 3.63) is 81.9 Å². The third-order valence-electron chi connectivity index (χ3n) is 5.97. The van der Waals surface area contributed by atoms with Gasteiger partial charge in [-0.3, -0.25) is 9.59 Å². The van der Waals surface area contributed by atoms with E-state index in [4.69, 9.17) is 16.3 Å². The average molecular weight is 470 g/mol. The Labute approximate surface area is 194 Å². The Kier molecular flexibility index (Phi) is 5.82. The molecule has 8 nitrogen and oxygen atoms in total. The zero-order valence-electron chi connectivity index (χ0n) is 17.7. The van der Waals surface area contributed by atoms with Gasteiger partial charge in [-0.05, 0) is 35.9 Å². The zero-order chi connectivity index (χ0) is 22.9. The molecule has 0 N–H and O–H groups in total. The maximum absolute atomic E-state index is 13.4. The Balaban J connectivity index is 1.23. The van der Waals surface area contributed by atoms with Crippen molar-refractivity contribution in [2.45, 2.75) is 19.3 Å². The quantitative estimate of drug-likeness (QED) is 0.589. The number of carbonyl (C=O) groups is 2. The first kappa shape index (κ1) is 21.5. The number of hydrogen-bond donors (Lipinski definition) is 0. The highest BCUT2D eigenvalue weighted by Crippen LogP contribution is 2.28. The molecule has 0 aliphatic carbocycles. The molecule has 3 heterocycles. The van der Waals surface area contributed by atoms with Crippen molar-refractivity contribution in [1.29, 1.82) is 0 Å². The lowest BCUT2D eigenvalue weighted by atomic mass is 10.1. The molecule has 170 valence electrons. The van der Waals surface area contributed by atoms with Crippen molar-refractivity contribution >= 4 is 23.4 Å². The van der Waals surface area contributed by atoms with Gasteiger partial charge in [-0.25, -0.2) is 9.07 Å². The van der Waals surface area contributed by atoms with Gasteiger partial charge in [0, 0.05) is 36.8 Å². The van der Waals surface area contributed by atoms with Crippen LogP contribution in [0.4, 0.5) is 4.39 Å². The first-order chi connectivity index (χ1) is 16.0. The minimum atomic E-state index is -0.452. The molecule has 0 bridgehead atoms. The summed E-state index contributed by atoms with van der Waals surface area (Å²) in [4.78, 5) is 29.0.